The van der Waals surface area contributed by atoms with Crippen molar-refractivity contribution in [2.24, 2.45) is 10.7 Å². The van der Waals surface area contributed by atoms with Crippen LogP contribution in [0.15, 0.2) is 47.7 Å². The zero-order valence-corrected chi connectivity index (χ0v) is 23.3. The molecule has 0 atom stereocenters. The van der Waals surface area contributed by atoms with E-state index < -0.39 is 17.5 Å². The summed E-state index contributed by atoms with van der Waals surface area (Å²) in [6.07, 6.45) is 3.80. The first kappa shape index (κ1) is 29.7. The number of nitrogens with two attached hydrogens (primary N) is 1. The van der Waals surface area contributed by atoms with E-state index in [2.05, 4.69) is 34.2 Å². The highest BCUT2D eigenvalue weighted by Gasteiger charge is 2.23. The number of nitrogens with one attached hydrogen (secondary N) is 1. The molecule has 3 aromatic rings. The van der Waals surface area contributed by atoms with E-state index in [9.17, 15) is 18.7 Å². The highest BCUT2D eigenvalue weighted by molar-refractivity contribution is 5.78. The molecule has 1 aliphatic heterocycles. The van der Waals surface area contributed by atoms with Gasteiger partial charge in [0.25, 0.3) is 0 Å². The Labute approximate surface area is 236 Å². The quantitative estimate of drug-likeness (QED) is 0.248. The van der Waals surface area contributed by atoms with Crippen LogP contribution in [0.1, 0.15) is 20.3 Å². The van der Waals surface area contributed by atoms with Crippen LogP contribution < -0.4 is 36.0 Å². The largest absolute Gasteiger partial charge is 0.493 e. The van der Waals surface area contributed by atoms with Crippen molar-refractivity contribution in [2.75, 3.05) is 50.3 Å². The average Bonchev–Trinajstić information content (AvgIpc) is 3.37. The van der Waals surface area contributed by atoms with Crippen LogP contribution in [-0.4, -0.2) is 71.8 Å². The van der Waals surface area contributed by atoms with Gasteiger partial charge in [-0.15, -0.1) is 0 Å². The number of rotatable bonds is 14. The maximum atomic E-state index is 14.9. The second kappa shape index (κ2) is 13.4. The standard InChI is InChI=1S/C28H35F2N7O4/c1-18(2)35(9-10-38)8-5-11-41-25-13-22-20(12-24(25)40-3)28(34-19-14-33-36(15-19)16-26(31)39)37(17-32-22)23-7-4-6-21(29)27(23)30/h4,6-7,12-15,18,34,38H,5,8-11,16-17H2,1-3H3,(H2,31,39). The van der Waals surface area contributed by atoms with Gasteiger partial charge in [0.05, 0.1) is 43.3 Å². The van der Waals surface area contributed by atoms with Crippen molar-refractivity contribution in [1.29, 1.82) is 0 Å². The Balaban J connectivity index is 1.69. The number of ether oxygens (including phenoxy) is 2. The SMILES string of the molecule is COc1cc2c(cc1OCCCN(CCO)C(C)C)=NCN(c1cccc(F)c1F)C=2Nc1cnn(CC(N)=O)c1. The van der Waals surface area contributed by atoms with Gasteiger partial charge in [0.1, 0.15) is 19.0 Å². The van der Waals surface area contributed by atoms with Crippen molar-refractivity contribution in [2.45, 2.75) is 32.9 Å². The Hall–Kier alpha value is -4.23. The minimum Gasteiger partial charge on any atom is -0.493 e. The van der Waals surface area contributed by atoms with Gasteiger partial charge in [-0.05, 0) is 38.5 Å². The van der Waals surface area contributed by atoms with Gasteiger partial charge in [0.2, 0.25) is 5.91 Å². The number of aliphatic hydroxyl groups excluding tert-OH is 1. The Kier molecular flexibility index (Phi) is 9.73. The third-order valence-electron chi connectivity index (χ3n) is 6.59. The maximum absolute atomic E-state index is 14.9. The molecule has 0 spiro atoms. The predicted molar refractivity (Wildman–Crippen MR) is 150 cm³/mol. The fourth-order valence-electron chi connectivity index (χ4n) is 4.55. The van der Waals surface area contributed by atoms with Crippen molar-refractivity contribution in [3.05, 3.63) is 64.9 Å². The van der Waals surface area contributed by atoms with E-state index in [1.807, 2.05) is 0 Å². The van der Waals surface area contributed by atoms with E-state index in [4.69, 9.17) is 15.2 Å². The van der Waals surface area contributed by atoms with Crippen LogP contribution in [-0.2, 0) is 11.3 Å². The third kappa shape index (κ3) is 7.11. The summed E-state index contributed by atoms with van der Waals surface area (Å²) in [5.41, 5.74) is 5.76. The molecule has 0 saturated heterocycles. The van der Waals surface area contributed by atoms with Crippen molar-refractivity contribution in [1.82, 2.24) is 14.7 Å². The highest BCUT2D eigenvalue weighted by atomic mass is 19.2. The molecule has 0 fully saturated rings. The molecule has 4 N–H and O–H groups in total. The number of fused-ring (bicyclic) bond motifs is 1. The Morgan fingerprint density at radius 3 is 2.76 bits per heavy atom. The number of carbonyl (C=O) groups excluding carboxylic acids is 1. The van der Waals surface area contributed by atoms with Crippen LogP contribution >= 0.6 is 0 Å². The van der Waals surface area contributed by atoms with Crippen molar-refractivity contribution in [3.63, 3.8) is 0 Å². The summed E-state index contributed by atoms with van der Waals surface area (Å²) < 4.78 is 42.2. The van der Waals surface area contributed by atoms with Gasteiger partial charge < -0.3 is 30.5 Å². The fraction of sp³-hybridized carbons (Fsp3) is 0.393. The van der Waals surface area contributed by atoms with Gasteiger partial charge in [-0.25, -0.2) is 8.78 Å². The summed E-state index contributed by atoms with van der Waals surface area (Å²) in [6, 6.07) is 7.70. The zero-order chi connectivity index (χ0) is 29.5. The number of nitrogens with zero attached hydrogens (tertiary/aromatic N) is 5. The fourth-order valence-corrected chi connectivity index (χ4v) is 4.55. The van der Waals surface area contributed by atoms with Gasteiger partial charge in [-0.3, -0.25) is 19.4 Å². The number of aliphatic hydroxyl groups is 1. The molecule has 0 bridgehead atoms. The second-order valence-corrected chi connectivity index (χ2v) is 9.74. The van der Waals surface area contributed by atoms with E-state index in [1.54, 1.807) is 18.3 Å². The van der Waals surface area contributed by atoms with Crippen molar-refractivity contribution < 1.29 is 28.2 Å². The lowest BCUT2D eigenvalue weighted by Gasteiger charge is -2.29. The monoisotopic (exact) mass is 571 g/mol. The molecule has 0 radical (unpaired) electrons. The number of amides is 1. The molecule has 1 aromatic heterocycles. The number of methoxy groups -OCH3 is 1. The summed E-state index contributed by atoms with van der Waals surface area (Å²) in [5.74, 6) is -1.23. The molecule has 2 aromatic carbocycles. The minimum absolute atomic E-state index is 0.0108. The summed E-state index contributed by atoms with van der Waals surface area (Å²) in [6.45, 7) is 5.88. The van der Waals surface area contributed by atoms with Crippen LogP contribution in [0.25, 0.3) is 5.82 Å². The lowest BCUT2D eigenvalue weighted by molar-refractivity contribution is -0.118. The number of hydrogen-bond acceptors (Lipinski definition) is 9. The van der Waals surface area contributed by atoms with Gasteiger partial charge in [0.15, 0.2) is 23.1 Å². The van der Waals surface area contributed by atoms with Crippen LogP contribution in [0, 0.1) is 11.6 Å². The molecule has 1 amide bonds. The van der Waals surface area contributed by atoms with E-state index >= 15 is 0 Å². The molecule has 1 aliphatic rings. The van der Waals surface area contributed by atoms with Crippen LogP contribution in [0.5, 0.6) is 11.5 Å². The molecule has 0 saturated carbocycles. The summed E-state index contributed by atoms with van der Waals surface area (Å²) in [7, 11) is 1.52. The molecule has 220 valence electrons. The highest BCUT2D eigenvalue weighted by Crippen LogP contribution is 2.28. The zero-order valence-electron chi connectivity index (χ0n) is 23.3. The first-order valence-corrected chi connectivity index (χ1v) is 13.3. The number of halogens is 2. The molecule has 4 rings (SSSR count). The topological polar surface area (TPSA) is 130 Å². The lowest BCUT2D eigenvalue weighted by Crippen LogP contribution is -2.43. The van der Waals surface area contributed by atoms with Gasteiger partial charge in [-0.1, -0.05) is 6.07 Å². The van der Waals surface area contributed by atoms with E-state index in [-0.39, 0.29) is 25.5 Å². The molecule has 11 nitrogen and oxygen atoms in total. The lowest BCUT2D eigenvalue weighted by atomic mass is 10.2. The van der Waals surface area contributed by atoms with Gasteiger partial charge in [-0.2, -0.15) is 5.10 Å². The van der Waals surface area contributed by atoms with Crippen LogP contribution in [0.3, 0.4) is 0 Å². The number of anilines is 2. The van der Waals surface area contributed by atoms with Crippen LogP contribution in [0.2, 0.25) is 0 Å². The van der Waals surface area contributed by atoms with Gasteiger partial charge in [0, 0.05) is 36.6 Å². The predicted octanol–water partition coefficient (Wildman–Crippen LogP) is 1.40. The third-order valence-corrected chi connectivity index (χ3v) is 6.59. The molecular weight excluding hydrogens is 536 g/mol. The molecule has 41 heavy (non-hydrogen) atoms. The normalized spacial score (nSPS) is 12.9. The summed E-state index contributed by atoms with van der Waals surface area (Å²) >= 11 is 0. The molecule has 0 unspecified atom stereocenters. The van der Waals surface area contributed by atoms with Crippen molar-refractivity contribution in [3.8, 4) is 11.5 Å². The number of benzene rings is 2. The van der Waals surface area contributed by atoms with E-state index in [0.29, 0.717) is 52.8 Å². The second-order valence-electron chi connectivity index (χ2n) is 9.74. The minimum atomic E-state index is -1.02. The first-order valence-electron chi connectivity index (χ1n) is 13.3. The molecule has 13 heteroatoms. The summed E-state index contributed by atoms with van der Waals surface area (Å²) in [5, 5.41) is 17.8. The van der Waals surface area contributed by atoms with Crippen molar-refractivity contribution >= 4 is 23.1 Å². The number of carbonyl (C=O) groups is 1. The maximum Gasteiger partial charge on any atom is 0.239 e. The van der Waals surface area contributed by atoms with E-state index in [1.165, 1.54) is 35.0 Å². The van der Waals surface area contributed by atoms with Gasteiger partial charge >= 0.3 is 0 Å². The van der Waals surface area contributed by atoms with Crippen LogP contribution in [0.4, 0.5) is 20.2 Å². The smallest absolute Gasteiger partial charge is 0.239 e. The average molecular weight is 572 g/mol. The molecule has 0 aliphatic carbocycles. The number of primary amides is 1. The first-order chi connectivity index (χ1) is 19.7. The number of aromatic nitrogens is 2. The van der Waals surface area contributed by atoms with E-state index in [0.717, 1.165) is 19.0 Å². The Morgan fingerprint density at radius 2 is 2.05 bits per heavy atom. The Morgan fingerprint density at radius 1 is 1.24 bits per heavy atom. The molecule has 2 heterocycles. The summed E-state index contributed by atoms with van der Waals surface area (Å²) in [4.78, 5) is 19.6. The molecular formula is C28H35F2N7O4. The Bertz CT molecular complexity index is 1500. The number of hydrogen-bond donors (Lipinski definition) is 3.